The summed E-state index contributed by atoms with van der Waals surface area (Å²) in [6, 6.07) is 7.33. The van der Waals surface area contributed by atoms with Gasteiger partial charge in [-0.15, -0.1) is 0 Å². The Morgan fingerprint density at radius 1 is 1.10 bits per heavy atom. The Kier molecular flexibility index (Phi) is 6.02. The molecule has 1 aromatic rings. The molecule has 0 saturated carbocycles. The first-order valence-electron chi connectivity index (χ1n) is 7.12. The molecule has 4 nitrogen and oxygen atoms in total. The molecule has 0 aliphatic heterocycles. The molecular weight excluding hydrogens is 272 g/mol. The SMILES string of the molecule is CCC(CC)C(C)Nc1ccc(S(=O)(=O)N(C)C)cc1. The molecular formula is C15H26N2O2S. The predicted molar refractivity (Wildman–Crippen MR) is 84.5 cm³/mol. The third kappa shape index (κ3) is 3.96. The van der Waals surface area contributed by atoms with Crippen LogP contribution in [0.2, 0.25) is 0 Å². The van der Waals surface area contributed by atoms with Crippen LogP contribution in [0.15, 0.2) is 29.2 Å². The summed E-state index contributed by atoms with van der Waals surface area (Å²) in [5.74, 6) is 0.625. The van der Waals surface area contributed by atoms with Gasteiger partial charge in [-0.25, -0.2) is 12.7 Å². The third-order valence-electron chi connectivity index (χ3n) is 3.78. The molecule has 1 atom stereocenters. The van der Waals surface area contributed by atoms with E-state index in [4.69, 9.17) is 0 Å². The van der Waals surface area contributed by atoms with Crippen molar-refractivity contribution in [3.8, 4) is 0 Å². The van der Waals surface area contributed by atoms with Gasteiger partial charge in [-0.3, -0.25) is 0 Å². The molecule has 0 bridgehead atoms. The molecule has 0 fully saturated rings. The first-order valence-corrected chi connectivity index (χ1v) is 8.56. The maximum absolute atomic E-state index is 12.0. The van der Waals surface area contributed by atoms with Crippen molar-refractivity contribution in [2.24, 2.45) is 5.92 Å². The Morgan fingerprint density at radius 2 is 1.60 bits per heavy atom. The number of nitrogens with one attached hydrogen (secondary N) is 1. The molecule has 0 amide bonds. The van der Waals surface area contributed by atoms with Gasteiger partial charge in [0.2, 0.25) is 10.0 Å². The molecule has 114 valence electrons. The van der Waals surface area contributed by atoms with Crippen molar-refractivity contribution >= 4 is 15.7 Å². The van der Waals surface area contributed by atoms with Crippen molar-refractivity contribution in [1.29, 1.82) is 0 Å². The van der Waals surface area contributed by atoms with E-state index >= 15 is 0 Å². The fourth-order valence-corrected chi connectivity index (χ4v) is 3.21. The van der Waals surface area contributed by atoms with Gasteiger partial charge in [-0.2, -0.15) is 0 Å². The van der Waals surface area contributed by atoms with Gasteiger partial charge < -0.3 is 5.32 Å². The summed E-state index contributed by atoms with van der Waals surface area (Å²) in [5.41, 5.74) is 0.960. The first kappa shape index (κ1) is 17.0. The highest BCUT2D eigenvalue weighted by Gasteiger charge is 2.17. The second kappa shape index (κ2) is 7.09. The van der Waals surface area contributed by atoms with E-state index < -0.39 is 10.0 Å². The zero-order valence-corrected chi connectivity index (χ0v) is 13.9. The summed E-state index contributed by atoms with van der Waals surface area (Å²) in [6.07, 6.45) is 2.27. The largest absolute Gasteiger partial charge is 0.382 e. The van der Waals surface area contributed by atoms with Crippen molar-refractivity contribution < 1.29 is 8.42 Å². The fraction of sp³-hybridized carbons (Fsp3) is 0.600. The molecule has 0 saturated heterocycles. The zero-order valence-electron chi connectivity index (χ0n) is 13.1. The van der Waals surface area contributed by atoms with Gasteiger partial charge in [0.25, 0.3) is 0 Å². The standard InChI is InChI=1S/C15H26N2O2S/c1-6-13(7-2)12(3)16-14-8-10-15(11-9-14)20(18,19)17(4)5/h8-13,16H,6-7H2,1-5H3. The van der Waals surface area contributed by atoms with Crippen molar-refractivity contribution in [2.45, 2.75) is 44.6 Å². The van der Waals surface area contributed by atoms with Crippen LogP contribution in [-0.4, -0.2) is 32.9 Å². The van der Waals surface area contributed by atoms with Gasteiger partial charge in [-0.05, 0) is 37.1 Å². The van der Waals surface area contributed by atoms with E-state index in [1.165, 1.54) is 18.4 Å². The monoisotopic (exact) mass is 298 g/mol. The van der Waals surface area contributed by atoms with Crippen LogP contribution in [0.4, 0.5) is 5.69 Å². The zero-order chi connectivity index (χ0) is 15.3. The van der Waals surface area contributed by atoms with Gasteiger partial charge in [0, 0.05) is 25.8 Å². The molecule has 1 N–H and O–H groups in total. The summed E-state index contributed by atoms with van der Waals surface area (Å²) in [6.45, 7) is 6.56. The van der Waals surface area contributed by atoms with E-state index in [-0.39, 0.29) is 0 Å². The summed E-state index contributed by atoms with van der Waals surface area (Å²) in [7, 11) is -0.266. The minimum absolute atomic E-state index is 0.322. The number of benzene rings is 1. The lowest BCUT2D eigenvalue weighted by atomic mass is 9.95. The highest BCUT2D eigenvalue weighted by atomic mass is 32.2. The maximum atomic E-state index is 12.0. The fourth-order valence-electron chi connectivity index (χ4n) is 2.31. The Bertz CT molecular complexity index is 505. The molecule has 0 aliphatic rings. The van der Waals surface area contributed by atoms with Crippen LogP contribution in [-0.2, 0) is 10.0 Å². The van der Waals surface area contributed by atoms with Crippen LogP contribution in [0.1, 0.15) is 33.6 Å². The van der Waals surface area contributed by atoms with E-state index in [9.17, 15) is 8.42 Å². The lowest BCUT2D eigenvalue weighted by Gasteiger charge is -2.23. The highest BCUT2D eigenvalue weighted by Crippen LogP contribution is 2.20. The van der Waals surface area contributed by atoms with E-state index in [1.807, 2.05) is 12.1 Å². The molecule has 1 unspecified atom stereocenters. The normalized spacial score (nSPS) is 13.8. The van der Waals surface area contributed by atoms with Gasteiger partial charge >= 0.3 is 0 Å². The lowest BCUT2D eigenvalue weighted by molar-refractivity contribution is 0.438. The van der Waals surface area contributed by atoms with Crippen LogP contribution in [0.5, 0.6) is 0 Å². The van der Waals surface area contributed by atoms with Crippen molar-refractivity contribution in [1.82, 2.24) is 4.31 Å². The molecule has 5 heteroatoms. The van der Waals surface area contributed by atoms with Crippen LogP contribution < -0.4 is 5.32 Å². The Labute approximate surface area is 123 Å². The molecule has 1 rings (SSSR count). The van der Waals surface area contributed by atoms with Crippen LogP contribution in [0, 0.1) is 5.92 Å². The number of hydrogen-bond donors (Lipinski definition) is 1. The van der Waals surface area contributed by atoms with Gasteiger partial charge in [0.1, 0.15) is 0 Å². The molecule has 0 spiro atoms. The van der Waals surface area contributed by atoms with Gasteiger partial charge in [0.05, 0.1) is 4.90 Å². The molecule has 0 radical (unpaired) electrons. The van der Waals surface area contributed by atoms with E-state index in [1.54, 1.807) is 12.1 Å². The van der Waals surface area contributed by atoms with Crippen molar-refractivity contribution in [2.75, 3.05) is 19.4 Å². The number of anilines is 1. The first-order chi connectivity index (χ1) is 9.32. The summed E-state index contributed by atoms with van der Waals surface area (Å²) in [4.78, 5) is 0.322. The van der Waals surface area contributed by atoms with E-state index in [0.29, 0.717) is 16.9 Å². The average molecular weight is 298 g/mol. The Morgan fingerprint density at radius 3 is 2.00 bits per heavy atom. The molecule has 0 aliphatic carbocycles. The average Bonchev–Trinajstić information content (AvgIpc) is 2.40. The quantitative estimate of drug-likeness (QED) is 0.841. The Balaban J connectivity index is 2.83. The van der Waals surface area contributed by atoms with Crippen molar-refractivity contribution in [3.63, 3.8) is 0 Å². The molecule has 1 aromatic carbocycles. The number of nitrogens with zero attached hydrogens (tertiary/aromatic N) is 1. The highest BCUT2D eigenvalue weighted by molar-refractivity contribution is 7.89. The second-order valence-electron chi connectivity index (χ2n) is 5.32. The van der Waals surface area contributed by atoms with E-state index in [2.05, 4.69) is 26.1 Å². The Hall–Kier alpha value is -1.07. The molecule has 0 heterocycles. The topological polar surface area (TPSA) is 49.4 Å². The van der Waals surface area contributed by atoms with E-state index in [0.717, 1.165) is 18.5 Å². The van der Waals surface area contributed by atoms with Crippen LogP contribution >= 0.6 is 0 Å². The van der Waals surface area contributed by atoms with Gasteiger partial charge in [0.15, 0.2) is 0 Å². The second-order valence-corrected chi connectivity index (χ2v) is 7.47. The lowest BCUT2D eigenvalue weighted by Crippen LogP contribution is -2.25. The number of hydrogen-bond acceptors (Lipinski definition) is 3. The number of rotatable bonds is 7. The third-order valence-corrected chi connectivity index (χ3v) is 5.61. The summed E-state index contributed by atoms with van der Waals surface area (Å²) >= 11 is 0. The molecule has 0 aromatic heterocycles. The molecule has 20 heavy (non-hydrogen) atoms. The minimum atomic E-state index is -3.34. The predicted octanol–water partition coefficient (Wildman–Crippen LogP) is 3.17. The minimum Gasteiger partial charge on any atom is -0.382 e. The van der Waals surface area contributed by atoms with Crippen molar-refractivity contribution in [3.05, 3.63) is 24.3 Å². The number of sulfonamides is 1. The van der Waals surface area contributed by atoms with Crippen LogP contribution in [0.3, 0.4) is 0 Å². The maximum Gasteiger partial charge on any atom is 0.242 e. The summed E-state index contributed by atoms with van der Waals surface area (Å²) in [5, 5.41) is 3.44. The smallest absolute Gasteiger partial charge is 0.242 e. The van der Waals surface area contributed by atoms with Gasteiger partial charge in [-0.1, -0.05) is 26.7 Å². The summed E-state index contributed by atoms with van der Waals surface area (Å²) < 4.78 is 25.2. The van der Waals surface area contributed by atoms with Crippen LogP contribution in [0.25, 0.3) is 0 Å².